The van der Waals surface area contributed by atoms with E-state index in [1.165, 1.54) is 0 Å². The maximum Gasteiger partial charge on any atom is 0.163 e. The van der Waals surface area contributed by atoms with Crippen molar-refractivity contribution in [2.75, 3.05) is 26.9 Å². The van der Waals surface area contributed by atoms with Gasteiger partial charge < -0.3 is 28.6 Å². The zero-order valence-electron chi connectivity index (χ0n) is 17.3. The number of methoxy groups -OCH3 is 1. The van der Waals surface area contributed by atoms with Gasteiger partial charge in [0.2, 0.25) is 0 Å². The van der Waals surface area contributed by atoms with Crippen molar-refractivity contribution in [2.24, 2.45) is 0 Å². The molecule has 7 heteroatoms. The molecule has 3 aromatic rings. The van der Waals surface area contributed by atoms with Gasteiger partial charge in [-0.25, -0.2) is 4.98 Å². The average molecular weight is 410 g/mol. The number of benzene rings is 2. The number of nitrogens with zero attached hydrogens (tertiary/aromatic N) is 2. The highest BCUT2D eigenvalue weighted by molar-refractivity contribution is 5.80. The number of hydrogen-bond acceptors (Lipinski definition) is 6. The number of hydrogen-bond donors (Lipinski definition) is 1. The van der Waals surface area contributed by atoms with Crippen LogP contribution in [-0.4, -0.2) is 47.7 Å². The maximum atomic E-state index is 10.6. The summed E-state index contributed by atoms with van der Waals surface area (Å²) in [5, 5.41) is 10.6. The van der Waals surface area contributed by atoms with Crippen LogP contribution in [0.1, 0.15) is 11.4 Å². The first kappa shape index (κ1) is 20.1. The molecule has 0 bridgehead atoms. The summed E-state index contributed by atoms with van der Waals surface area (Å²) in [6.07, 6.45) is 1.86. The van der Waals surface area contributed by atoms with Crippen molar-refractivity contribution in [1.82, 2.24) is 9.55 Å². The van der Waals surface area contributed by atoms with Crippen LogP contribution >= 0.6 is 0 Å². The molecule has 1 aliphatic heterocycles. The first-order valence-corrected chi connectivity index (χ1v) is 9.94. The summed E-state index contributed by atoms with van der Waals surface area (Å²) in [6.45, 7) is 7.20. The lowest BCUT2D eigenvalue weighted by molar-refractivity contribution is 0.0914. The second kappa shape index (κ2) is 8.67. The molecule has 158 valence electrons. The summed E-state index contributed by atoms with van der Waals surface area (Å²) in [7, 11) is 1.60. The smallest absolute Gasteiger partial charge is 0.163 e. The molecule has 0 amide bonds. The Hall–Kier alpha value is -3.19. The highest BCUT2D eigenvalue weighted by atomic mass is 16.6. The number of rotatable bonds is 8. The van der Waals surface area contributed by atoms with Crippen LogP contribution in [0.3, 0.4) is 0 Å². The van der Waals surface area contributed by atoms with Crippen LogP contribution in [0.5, 0.6) is 23.0 Å². The Morgan fingerprint density at radius 1 is 1.20 bits per heavy atom. The van der Waals surface area contributed by atoms with E-state index in [-0.39, 0.29) is 6.61 Å². The lowest BCUT2D eigenvalue weighted by atomic mass is 10.1. The minimum absolute atomic E-state index is 0.126. The van der Waals surface area contributed by atoms with Gasteiger partial charge in [-0.15, -0.1) is 6.58 Å². The average Bonchev–Trinajstić information content (AvgIpc) is 3.05. The van der Waals surface area contributed by atoms with Gasteiger partial charge in [0.1, 0.15) is 31.7 Å². The minimum atomic E-state index is -0.730. The van der Waals surface area contributed by atoms with Crippen LogP contribution in [0.4, 0.5) is 0 Å². The predicted octanol–water partition coefficient (Wildman–Crippen LogP) is 3.29. The van der Waals surface area contributed by atoms with Crippen LogP contribution in [0.2, 0.25) is 0 Å². The molecular weight excluding hydrogens is 384 g/mol. The van der Waals surface area contributed by atoms with Gasteiger partial charge in [0, 0.05) is 12.1 Å². The summed E-state index contributed by atoms with van der Waals surface area (Å²) in [5.74, 6) is 3.43. The van der Waals surface area contributed by atoms with Gasteiger partial charge in [0.05, 0.1) is 24.7 Å². The Morgan fingerprint density at radius 2 is 1.97 bits per heavy atom. The van der Waals surface area contributed by atoms with Gasteiger partial charge in [0.25, 0.3) is 0 Å². The molecule has 30 heavy (non-hydrogen) atoms. The molecule has 0 aliphatic carbocycles. The zero-order valence-corrected chi connectivity index (χ0v) is 17.3. The topological polar surface area (TPSA) is 75.0 Å². The maximum absolute atomic E-state index is 10.6. The highest BCUT2D eigenvalue weighted by Gasteiger charge is 2.19. The molecule has 1 atom stereocenters. The van der Waals surface area contributed by atoms with Crippen molar-refractivity contribution < 1.29 is 24.1 Å². The fraction of sp³-hybridized carbons (Fsp3) is 0.348. The molecule has 4 rings (SSSR count). The molecule has 7 nitrogen and oxygen atoms in total. The third-order valence-electron chi connectivity index (χ3n) is 5.04. The van der Waals surface area contributed by atoms with E-state index in [1.54, 1.807) is 7.11 Å². The molecule has 2 heterocycles. The third-order valence-corrected chi connectivity index (χ3v) is 5.04. The number of fused-ring (bicyclic) bond motifs is 2. The molecule has 0 spiro atoms. The molecule has 1 aromatic heterocycles. The molecule has 0 saturated carbocycles. The largest absolute Gasteiger partial charge is 0.493 e. The minimum Gasteiger partial charge on any atom is -0.493 e. The normalized spacial score (nSPS) is 13.8. The van der Waals surface area contributed by atoms with Crippen molar-refractivity contribution in [1.29, 1.82) is 0 Å². The molecule has 0 saturated heterocycles. The monoisotopic (exact) mass is 410 g/mol. The molecule has 0 fully saturated rings. The molecule has 1 aliphatic rings. The Morgan fingerprint density at radius 3 is 2.70 bits per heavy atom. The SMILES string of the molecule is C=CCc1ccc(OC[C@@H](O)Cn2c(C)nc3cc4c(cc32)OCCO4)c(OC)c1. The van der Waals surface area contributed by atoms with Gasteiger partial charge in [-0.2, -0.15) is 0 Å². The number of aromatic nitrogens is 2. The molecule has 1 N–H and O–H groups in total. The first-order chi connectivity index (χ1) is 14.6. The van der Waals surface area contributed by atoms with E-state index >= 15 is 0 Å². The van der Waals surface area contributed by atoms with Gasteiger partial charge in [-0.1, -0.05) is 12.1 Å². The van der Waals surface area contributed by atoms with Crippen molar-refractivity contribution in [3.63, 3.8) is 0 Å². The number of aryl methyl sites for hydroxylation is 1. The zero-order chi connectivity index (χ0) is 21.1. The highest BCUT2D eigenvalue weighted by Crippen LogP contribution is 2.35. The number of aliphatic hydroxyl groups is 1. The van der Waals surface area contributed by atoms with E-state index in [9.17, 15) is 5.11 Å². The van der Waals surface area contributed by atoms with Crippen LogP contribution in [-0.2, 0) is 13.0 Å². The predicted molar refractivity (Wildman–Crippen MR) is 114 cm³/mol. The summed E-state index contributed by atoms with van der Waals surface area (Å²) in [4.78, 5) is 4.59. The van der Waals surface area contributed by atoms with Crippen LogP contribution in [0, 0.1) is 6.92 Å². The Labute approximate surface area is 175 Å². The van der Waals surface area contributed by atoms with Crippen molar-refractivity contribution in [3.8, 4) is 23.0 Å². The van der Waals surface area contributed by atoms with E-state index in [0.29, 0.717) is 42.8 Å². The Kier molecular flexibility index (Phi) is 5.81. The number of allylic oxidation sites excluding steroid dienone is 1. The quantitative estimate of drug-likeness (QED) is 0.575. The van der Waals surface area contributed by atoms with Gasteiger partial charge >= 0.3 is 0 Å². The van der Waals surface area contributed by atoms with Crippen LogP contribution < -0.4 is 18.9 Å². The molecule has 0 radical (unpaired) electrons. The van der Waals surface area contributed by atoms with Gasteiger partial charge in [-0.05, 0) is 31.0 Å². The van der Waals surface area contributed by atoms with E-state index in [1.807, 2.05) is 47.9 Å². The van der Waals surface area contributed by atoms with Gasteiger partial charge in [-0.3, -0.25) is 0 Å². The second-order valence-corrected chi connectivity index (χ2v) is 7.20. The summed E-state index contributed by atoms with van der Waals surface area (Å²) in [5.41, 5.74) is 2.79. The van der Waals surface area contributed by atoms with Crippen LogP contribution in [0.25, 0.3) is 11.0 Å². The summed E-state index contributed by atoms with van der Waals surface area (Å²) >= 11 is 0. The van der Waals surface area contributed by atoms with Crippen LogP contribution in [0.15, 0.2) is 43.0 Å². The standard InChI is InChI=1S/C23H26N2O5/c1-4-5-16-6-7-20(21(10-16)27-3)30-14-17(26)13-25-15(2)24-18-11-22-23(12-19(18)25)29-9-8-28-22/h4,6-7,10-12,17,26H,1,5,8-9,13-14H2,2-3H3/t17-/m0/s1. The summed E-state index contributed by atoms with van der Waals surface area (Å²) < 4.78 is 24.5. The fourth-order valence-corrected chi connectivity index (χ4v) is 3.59. The number of imidazole rings is 1. The summed E-state index contributed by atoms with van der Waals surface area (Å²) in [6, 6.07) is 9.53. The van der Waals surface area contributed by atoms with E-state index in [0.717, 1.165) is 28.8 Å². The second-order valence-electron chi connectivity index (χ2n) is 7.20. The molecule has 0 unspecified atom stereocenters. The van der Waals surface area contributed by atoms with E-state index in [2.05, 4.69) is 11.6 Å². The fourth-order valence-electron chi connectivity index (χ4n) is 3.59. The molecular formula is C23H26N2O5. The van der Waals surface area contributed by atoms with E-state index in [4.69, 9.17) is 18.9 Å². The Balaban J connectivity index is 1.48. The third kappa shape index (κ3) is 4.07. The number of aliphatic hydroxyl groups excluding tert-OH is 1. The lowest BCUT2D eigenvalue weighted by Gasteiger charge is -2.19. The van der Waals surface area contributed by atoms with Crippen molar-refractivity contribution in [2.45, 2.75) is 26.0 Å². The van der Waals surface area contributed by atoms with Gasteiger partial charge in [0.15, 0.2) is 23.0 Å². The first-order valence-electron chi connectivity index (χ1n) is 9.94. The lowest BCUT2D eigenvalue weighted by Crippen LogP contribution is -2.24. The Bertz CT molecular complexity index is 1060. The van der Waals surface area contributed by atoms with Crippen molar-refractivity contribution >= 4 is 11.0 Å². The number of ether oxygens (including phenoxy) is 4. The molecule has 2 aromatic carbocycles. The van der Waals surface area contributed by atoms with Crippen molar-refractivity contribution in [3.05, 3.63) is 54.4 Å². The van der Waals surface area contributed by atoms with E-state index < -0.39 is 6.10 Å².